The van der Waals surface area contributed by atoms with Crippen molar-refractivity contribution in [1.82, 2.24) is 0 Å². The molecule has 0 radical (unpaired) electrons. The standard InChI is InChI=1S/C14H32Si3/c1-15(2,3)12-10-11-14(17(7,8)9)13-16(4,5)6/h10-12H,13H2,1-9H3. The Balaban J connectivity index is 4.96. The lowest BCUT2D eigenvalue weighted by Crippen LogP contribution is -2.31. The van der Waals surface area contributed by atoms with Gasteiger partial charge in [0.25, 0.3) is 0 Å². The Labute approximate surface area is 112 Å². The minimum absolute atomic E-state index is 0.982. The van der Waals surface area contributed by atoms with Gasteiger partial charge in [-0.25, -0.2) is 0 Å². The first-order valence-electron chi connectivity index (χ1n) is 6.70. The van der Waals surface area contributed by atoms with Crippen LogP contribution in [0.25, 0.3) is 0 Å². The topological polar surface area (TPSA) is 0 Å². The van der Waals surface area contributed by atoms with Crippen LogP contribution in [-0.2, 0) is 0 Å². The van der Waals surface area contributed by atoms with Crippen molar-refractivity contribution in [3.63, 3.8) is 0 Å². The molecule has 0 N–H and O–H groups in total. The lowest BCUT2D eigenvalue weighted by molar-refractivity contribution is 1.41. The predicted octanol–water partition coefficient (Wildman–Crippen LogP) is 5.56. The second-order valence-corrected chi connectivity index (χ2v) is 24.1. The summed E-state index contributed by atoms with van der Waals surface area (Å²) < 4.78 is 0. The molecule has 0 unspecified atom stereocenters. The van der Waals surface area contributed by atoms with Gasteiger partial charge in [-0.2, -0.15) is 0 Å². The van der Waals surface area contributed by atoms with Crippen LogP contribution in [0, 0.1) is 0 Å². The molecule has 0 aromatic rings. The normalized spacial score (nSPS) is 15.7. The first kappa shape index (κ1) is 17.1. The maximum atomic E-state index is 2.48. The highest BCUT2D eigenvalue weighted by Crippen LogP contribution is 2.25. The Morgan fingerprint density at radius 1 is 0.824 bits per heavy atom. The molecule has 0 aliphatic heterocycles. The molecule has 17 heavy (non-hydrogen) atoms. The molecule has 0 heterocycles. The summed E-state index contributed by atoms with van der Waals surface area (Å²) in [5, 5.41) is 1.76. The average molecular weight is 285 g/mol. The van der Waals surface area contributed by atoms with E-state index in [1.165, 1.54) is 6.04 Å². The van der Waals surface area contributed by atoms with E-state index in [1.807, 2.05) is 0 Å². The highest BCUT2D eigenvalue weighted by atomic mass is 28.3. The number of hydrogen-bond acceptors (Lipinski definition) is 0. The zero-order valence-electron chi connectivity index (χ0n) is 13.4. The molecule has 0 aromatic carbocycles. The van der Waals surface area contributed by atoms with Crippen LogP contribution >= 0.6 is 0 Å². The first-order valence-corrected chi connectivity index (χ1v) is 17.5. The lowest BCUT2D eigenvalue weighted by atomic mass is 10.5. The first-order chi connectivity index (χ1) is 7.31. The summed E-state index contributed by atoms with van der Waals surface area (Å²) in [6.45, 7) is 22.0. The Bertz CT molecular complexity index is 293. The predicted molar refractivity (Wildman–Crippen MR) is 92.1 cm³/mol. The van der Waals surface area contributed by atoms with Gasteiger partial charge in [0.05, 0.1) is 16.1 Å². The average Bonchev–Trinajstić information content (AvgIpc) is 1.95. The van der Waals surface area contributed by atoms with Gasteiger partial charge in [-0.3, -0.25) is 0 Å². The van der Waals surface area contributed by atoms with Crippen molar-refractivity contribution in [3.05, 3.63) is 23.0 Å². The van der Waals surface area contributed by atoms with Gasteiger partial charge in [-0.05, 0) is 6.04 Å². The fourth-order valence-corrected chi connectivity index (χ4v) is 7.84. The molecular weight excluding hydrogens is 252 g/mol. The second-order valence-electron chi connectivity index (χ2n) is 8.40. The van der Waals surface area contributed by atoms with Crippen LogP contribution in [0.4, 0.5) is 0 Å². The van der Waals surface area contributed by atoms with E-state index < -0.39 is 24.2 Å². The summed E-state index contributed by atoms with van der Waals surface area (Å²) in [6, 6.07) is 1.37. The molecule has 0 aliphatic carbocycles. The van der Waals surface area contributed by atoms with Gasteiger partial charge >= 0.3 is 0 Å². The maximum absolute atomic E-state index is 2.48. The molecule has 0 aliphatic rings. The third-order valence-corrected chi connectivity index (χ3v) is 7.84. The zero-order chi connectivity index (χ0) is 13.9. The van der Waals surface area contributed by atoms with E-state index in [0.717, 1.165) is 0 Å². The monoisotopic (exact) mass is 284 g/mol. The summed E-state index contributed by atoms with van der Waals surface area (Å²) in [5.41, 5.74) is 2.46. The van der Waals surface area contributed by atoms with Gasteiger partial charge in [0, 0.05) is 8.07 Å². The van der Waals surface area contributed by atoms with Crippen LogP contribution in [0.2, 0.25) is 65.0 Å². The highest BCUT2D eigenvalue weighted by molar-refractivity contribution is 6.87. The fraction of sp³-hybridized carbons (Fsp3) is 0.714. The fourth-order valence-electron chi connectivity index (χ4n) is 1.60. The van der Waals surface area contributed by atoms with Crippen LogP contribution in [0.1, 0.15) is 0 Å². The molecule has 0 nitrogen and oxygen atoms in total. The summed E-state index contributed by atoms with van der Waals surface area (Å²) in [7, 11) is -3.16. The summed E-state index contributed by atoms with van der Waals surface area (Å²) >= 11 is 0. The van der Waals surface area contributed by atoms with E-state index in [0.29, 0.717) is 0 Å². The smallest absolute Gasteiger partial charge is 0.0720 e. The Kier molecular flexibility index (Phi) is 5.89. The molecular formula is C14H32Si3. The highest BCUT2D eigenvalue weighted by Gasteiger charge is 2.24. The van der Waals surface area contributed by atoms with Gasteiger partial charge in [0.15, 0.2) is 0 Å². The molecule has 0 aromatic heterocycles. The van der Waals surface area contributed by atoms with E-state index in [2.05, 4.69) is 76.8 Å². The summed E-state index contributed by atoms with van der Waals surface area (Å²) in [6.07, 6.45) is 4.79. The molecule has 0 saturated heterocycles. The SMILES string of the molecule is C[Si](C)(C)C=CC=C(C[Si](C)(C)C)[Si](C)(C)C. The van der Waals surface area contributed by atoms with Crippen LogP contribution in [0.3, 0.4) is 0 Å². The van der Waals surface area contributed by atoms with Crippen molar-refractivity contribution in [2.45, 2.75) is 65.0 Å². The van der Waals surface area contributed by atoms with Crippen molar-refractivity contribution in [2.75, 3.05) is 0 Å². The Morgan fingerprint density at radius 3 is 1.59 bits per heavy atom. The Hall–Kier alpha value is 0.131. The third-order valence-electron chi connectivity index (χ3n) is 2.58. The van der Waals surface area contributed by atoms with Gasteiger partial charge < -0.3 is 0 Å². The Morgan fingerprint density at radius 2 is 1.29 bits per heavy atom. The van der Waals surface area contributed by atoms with Crippen LogP contribution in [-0.4, -0.2) is 24.2 Å². The zero-order valence-corrected chi connectivity index (χ0v) is 16.4. The van der Waals surface area contributed by atoms with Crippen molar-refractivity contribution in [1.29, 1.82) is 0 Å². The summed E-state index contributed by atoms with van der Waals surface area (Å²) in [5.74, 6) is 0. The maximum Gasteiger partial charge on any atom is 0.0720 e. The lowest BCUT2D eigenvalue weighted by Gasteiger charge is -2.27. The minimum Gasteiger partial charge on any atom is -0.0950 e. The van der Waals surface area contributed by atoms with Crippen molar-refractivity contribution < 1.29 is 0 Å². The van der Waals surface area contributed by atoms with Crippen LogP contribution in [0.5, 0.6) is 0 Å². The summed E-state index contributed by atoms with van der Waals surface area (Å²) in [4.78, 5) is 0. The molecule has 0 fully saturated rings. The molecule has 0 saturated carbocycles. The van der Waals surface area contributed by atoms with Gasteiger partial charge in [-0.15, -0.1) is 0 Å². The van der Waals surface area contributed by atoms with Crippen LogP contribution in [0.15, 0.2) is 23.0 Å². The largest absolute Gasteiger partial charge is 0.0950 e. The van der Waals surface area contributed by atoms with Crippen molar-refractivity contribution in [3.8, 4) is 0 Å². The quantitative estimate of drug-likeness (QED) is 0.458. The van der Waals surface area contributed by atoms with E-state index >= 15 is 0 Å². The second kappa shape index (κ2) is 5.85. The van der Waals surface area contributed by atoms with E-state index in [4.69, 9.17) is 0 Å². The van der Waals surface area contributed by atoms with E-state index in [1.54, 1.807) is 5.20 Å². The number of hydrogen-bond donors (Lipinski definition) is 0. The molecule has 3 heteroatoms. The van der Waals surface area contributed by atoms with Crippen LogP contribution < -0.4 is 0 Å². The molecule has 0 rings (SSSR count). The molecule has 0 spiro atoms. The molecule has 0 amide bonds. The van der Waals surface area contributed by atoms with E-state index in [9.17, 15) is 0 Å². The molecule has 0 bridgehead atoms. The molecule has 0 atom stereocenters. The van der Waals surface area contributed by atoms with Gasteiger partial charge in [0.2, 0.25) is 0 Å². The van der Waals surface area contributed by atoms with E-state index in [-0.39, 0.29) is 0 Å². The number of allylic oxidation sites excluding steroid dienone is 3. The minimum atomic E-state index is -1.13. The number of rotatable bonds is 5. The third kappa shape index (κ3) is 9.80. The van der Waals surface area contributed by atoms with Gasteiger partial charge in [-0.1, -0.05) is 82.0 Å². The van der Waals surface area contributed by atoms with Crippen molar-refractivity contribution >= 4 is 24.2 Å². The molecule has 100 valence electrons. The van der Waals surface area contributed by atoms with Gasteiger partial charge in [0.1, 0.15) is 0 Å². The van der Waals surface area contributed by atoms with Crippen molar-refractivity contribution in [2.24, 2.45) is 0 Å².